The number of oxazole rings is 1. The second kappa shape index (κ2) is 14.7. The molecule has 0 radical (unpaired) electrons. The number of ether oxygens (including phenoxy) is 2. The lowest BCUT2D eigenvalue weighted by Crippen LogP contribution is -2.36. The Morgan fingerprint density at radius 1 is 1.12 bits per heavy atom. The van der Waals surface area contributed by atoms with Gasteiger partial charge in [-0.3, -0.25) is 4.79 Å². The fourth-order valence-corrected chi connectivity index (χ4v) is 3.16. The van der Waals surface area contributed by atoms with Gasteiger partial charge in [-0.15, -0.1) is 0 Å². The number of carbonyl (C=O) groups excluding carboxylic acids is 2. The van der Waals surface area contributed by atoms with Gasteiger partial charge in [0.05, 0.1) is 22.3 Å². The first-order chi connectivity index (χ1) is 16.0. The Labute approximate surface area is 203 Å². The Hall–Kier alpha value is -2.33. The van der Waals surface area contributed by atoms with Crippen LogP contribution in [-0.4, -0.2) is 61.3 Å². The highest BCUT2D eigenvalue weighted by Gasteiger charge is 2.20. The minimum absolute atomic E-state index is 0.0633. The number of nitrogens with one attached hydrogen (secondary N) is 2. The van der Waals surface area contributed by atoms with Crippen LogP contribution in [0, 0.1) is 0 Å². The predicted octanol–water partition coefficient (Wildman–Crippen LogP) is 4.60. The van der Waals surface area contributed by atoms with E-state index >= 15 is 0 Å². The lowest BCUT2D eigenvalue weighted by molar-refractivity contribution is 0.0939. The molecule has 0 aliphatic heterocycles. The van der Waals surface area contributed by atoms with Crippen LogP contribution in [0.25, 0.3) is 0 Å². The van der Waals surface area contributed by atoms with Gasteiger partial charge in [0.1, 0.15) is 6.26 Å². The van der Waals surface area contributed by atoms with Crippen molar-refractivity contribution in [1.29, 1.82) is 0 Å². The van der Waals surface area contributed by atoms with Crippen LogP contribution in [0.1, 0.15) is 43.1 Å². The summed E-state index contributed by atoms with van der Waals surface area (Å²) in [4.78, 5) is 30.9. The van der Waals surface area contributed by atoms with Crippen LogP contribution in [0.3, 0.4) is 0 Å². The smallest absolute Gasteiger partial charge is 0.322 e. The molecule has 33 heavy (non-hydrogen) atoms. The molecule has 11 heteroatoms. The topological polar surface area (TPSA) is 106 Å². The van der Waals surface area contributed by atoms with Gasteiger partial charge in [0.15, 0.2) is 5.69 Å². The first-order valence-electron chi connectivity index (χ1n) is 10.8. The molecule has 0 saturated heterocycles. The van der Waals surface area contributed by atoms with Crippen molar-refractivity contribution in [1.82, 2.24) is 15.2 Å². The van der Waals surface area contributed by atoms with Crippen molar-refractivity contribution < 1.29 is 23.5 Å². The predicted molar refractivity (Wildman–Crippen MR) is 127 cm³/mol. The van der Waals surface area contributed by atoms with Gasteiger partial charge in [0.2, 0.25) is 5.89 Å². The number of amides is 3. The van der Waals surface area contributed by atoms with Crippen molar-refractivity contribution >= 4 is 40.8 Å². The minimum atomic E-state index is -0.407. The molecule has 9 nitrogen and oxygen atoms in total. The van der Waals surface area contributed by atoms with Crippen LogP contribution >= 0.6 is 23.2 Å². The molecule has 1 heterocycles. The third kappa shape index (κ3) is 9.21. The standard InChI is InChI=1S/C22H30Cl2N4O5/c1-3-31-12-6-10-25-21(29)18-15-33-19(26-18)14-28(11-7-13-32-4-2)22(30)27-17-9-5-8-16(23)20(17)24/h5,8-9,15H,3-4,6-7,10-14H2,1-2H3,(H,25,29)(H,27,30). The molecule has 3 amide bonds. The van der Waals surface area contributed by atoms with Gasteiger partial charge in [0, 0.05) is 39.5 Å². The van der Waals surface area contributed by atoms with Gasteiger partial charge in [-0.05, 0) is 38.8 Å². The van der Waals surface area contributed by atoms with E-state index in [9.17, 15) is 9.59 Å². The summed E-state index contributed by atoms with van der Waals surface area (Å²) >= 11 is 12.2. The highest BCUT2D eigenvalue weighted by Crippen LogP contribution is 2.29. The molecule has 0 bridgehead atoms. The van der Waals surface area contributed by atoms with Crippen LogP contribution in [0.5, 0.6) is 0 Å². The Morgan fingerprint density at radius 2 is 1.85 bits per heavy atom. The van der Waals surface area contributed by atoms with Gasteiger partial charge in [-0.25, -0.2) is 9.78 Å². The first-order valence-corrected chi connectivity index (χ1v) is 11.6. The van der Waals surface area contributed by atoms with E-state index < -0.39 is 6.03 Å². The van der Waals surface area contributed by atoms with E-state index in [0.717, 1.165) is 0 Å². The molecule has 0 aliphatic rings. The van der Waals surface area contributed by atoms with Crippen LogP contribution in [0.4, 0.5) is 10.5 Å². The van der Waals surface area contributed by atoms with Crippen molar-refractivity contribution in [2.45, 2.75) is 33.2 Å². The van der Waals surface area contributed by atoms with Crippen molar-refractivity contribution in [3.8, 4) is 0 Å². The van der Waals surface area contributed by atoms with E-state index in [4.69, 9.17) is 37.1 Å². The Bertz CT molecular complexity index is 893. The average Bonchev–Trinajstić information content (AvgIpc) is 3.27. The summed E-state index contributed by atoms with van der Waals surface area (Å²) in [5.74, 6) is -0.113. The van der Waals surface area contributed by atoms with Crippen molar-refractivity contribution in [2.24, 2.45) is 0 Å². The normalized spacial score (nSPS) is 10.8. The van der Waals surface area contributed by atoms with Crippen LogP contribution in [0.2, 0.25) is 10.0 Å². The monoisotopic (exact) mass is 500 g/mol. The maximum absolute atomic E-state index is 12.9. The molecular weight excluding hydrogens is 471 g/mol. The molecule has 2 N–H and O–H groups in total. The summed E-state index contributed by atoms with van der Waals surface area (Å²) in [5, 5.41) is 6.10. The molecule has 0 unspecified atom stereocenters. The summed E-state index contributed by atoms with van der Waals surface area (Å²) in [6.07, 6.45) is 2.58. The molecule has 0 aliphatic carbocycles. The lowest BCUT2D eigenvalue weighted by Gasteiger charge is -2.22. The number of rotatable bonds is 14. The number of benzene rings is 1. The molecular formula is C22H30Cl2N4O5. The molecule has 1 aromatic heterocycles. The number of aromatic nitrogens is 1. The SMILES string of the molecule is CCOCCCNC(=O)c1coc(CN(CCCOCC)C(=O)Nc2cccc(Cl)c2Cl)n1. The molecule has 0 atom stereocenters. The molecule has 0 fully saturated rings. The zero-order chi connectivity index (χ0) is 24.1. The third-order valence-corrected chi connectivity index (χ3v) is 5.29. The van der Waals surface area contributed by atoms with Crippen molar-refractivity contribution in [3.05, 3.63) is 46.1 Å². The van der Waals surface area contributed by atoms with Gasteiger partial charge >= 0.3 is 6.03 Å². The molecule has 2 aromatic rings. The second-order valence-electron chi connectivity index (χ2n) is 6.94. The lowest BCUT2D eigenvalue weighted by atomic mass is 10.3. The molecule has 0 spiro atoms. The van der Waals surface area contributed by atoms with E-state index in [1.54, 1.807) is 18.2 Å². The molecule has 2 rings (SSSR count). The van der Waals surface area contributed by atoms with Gasteiger partial charge in [-0.1, -0.05) is 29.3 Å². The van der Waals surface area contributed by atoms with E-state index in [-0.39, 0.29) is 29.1 Å². The fraction of sp³-hybridized carbons (Fsp3) is 0.500. The number of anilines is 1. The van der Waals surface area contributed by atoms with Crippen molar-refractivity contribution in [2.75, 3.05) is 44.8 Å². The highest BCUT2D eigenvalue weighted by atomic mass is 35.5. The zero-order valence-corrected chi connectivity index (χ0v) is 20.4. The number of carbonyl (C=O) groups is 2. The zero-order valence-electron chi connectivity index (χ0n) is 18.9. The van der Waals surface area contributed by atoms with Gasteiger partial charge < -0.3 is 29.4 Å². The number of urea groups is 1. The maximum Gasteiger partial charge on any atom is 0.322 e. The first kappa shape index (κ1) is 26.9. The molecule has 1 aromatic carbocycles. The highest BCUT2D eigenvalue weighted by molar-refractivity contribution is 6.43. The number of hydrogen-bond donors (Lipinski definition) is 2. The van der Waals surface area contributed by atoms with E-state index in [1.807, 2.05) is 13.8 Å². The summed E-state index contributed by atoms with van der Waals surface area (Å²) in [7, 11) is 0. The van der Waals surface area contributed by atoms with Gasteiger partial charge in [0.25, 0.3) is 5.91 Å². The summed E-state index contributed by atoms with van der Waals surface area (Å²) in [6.45, 7) is 7.03. The van der Waals surface area contributed by atoms with Crippen LogP contribution < -0.4 is 10.6 Å². The summed E-state index contributed by atoms with van der Waals surface area (Å²) < 4.78 is 16.0. The molecule has 182 valence electrons. The van der Waals surface area contributed by atoms with Crippen LogP contribution in [0.15, 0.2) is 28.9 Å². The fourth-order valence-electron chi connectivity index (χ4n) is 2.81. The number of halogens is 2. The minimum Gasteiger partial charge on any atom is -0.446 e. The Kier molecular flexibility index (Phi) is 12.0. The third-order valence-electron chi connectivity index (χ3n) is 4.47. The number of hydrogen-bond acceptors (Lipinski definition) is 6. The maximum atomic E-state index is 12.9. The second-order valence-corrected chi connectivity index (χ2v) is 7.72. The summed E-state index contributed by atoms with van der Waals surface area (Å²) in [5.41, 5.74) is 0.539. The van der Waals surface area contributed by atoms with Gasteiger partial charge in [-0.2, -0.15) is 0 Å². The largest absolute Gasteiger partial charge is 0.446 e. The van der Waals surface area contributed by atoms with E-state index in [1.165, 1.54) is 11.2 Å². The molecule has 0 saturated carbocycles. The van der Waals surface area contributed by atoms with Crippen molar-refractivity contribution in [3.63, 3.8) is 0 Å². The Balaban J connectivity index is 2.00. The average molecular weight is 501 g/mol. The van der Waals surface area contributed by atoms with E-state index in [0.29, 0.717) is 63.1 Å². The summed E-state index contributed by atoms with van der Waals surface area (Å²) in [6, 6.07) is 4.58. The Morgan fingerprint density at radius 3 is 2.58 bits per heavy atom. The quantitative estimate of drug-likeness (QED) is 0.367. The van der Waals surface area contributed by atoms with Crippen LogP contribution in [-0.2, 0) is 16.0 Å². The van der Waals surface area contributed by atoms with E-state index in [2.05, 4.69) is 15.6 Å². The number of nitrogens with zero attached hydrogens (tertiary/aromatic N) is 2.